The molecule has 0 saturated heterocycles. The van der Waals surface area contributed by atoms with Gasteiger partial charge in [0.25, 0.3) is 0 Å². The Labute approximate surface area is 134 Å². The zero-order valence-corrected chi connectivity index (χ0v) is 13.6. The van der Waals surface area contributed by atoms with Crippen molar-refractivity contribution >= 4 is 6.16 Å². The van der Waals surface area contributed by atoms with Crippen LogP contribution in [0.15, 0.2) is 47.5 Å². The molecule has 0 unspecified atom stereocenters. The number of carbonyl (C=O) groups is 1. The van der Waals surface area contributed by atoms with E-state index in [1.807, 2.05) is 13.0 Å². The van der Waals surface area contributed by atoms with E-state index in [4.69, 9.17) is 9.47 Å². The number of aromatic nitrogens is 1. The Balaban J connectivity index is 2.40. The summed E-state index contributed by atoms with van der Waals surface area (Å²) >= 11 is 0. The molecule has 23 heavy (non-hydrogen) atoms. The maximum atomic E-state index is 12.0. The predicted molar refractivity (Wildman–Crippen MR) is 87.5 cm³/mol. The first kappa shape index (κ1) is 16.7. The highest BCUT2D eigenvalue weighted by atomic mass is 16.7. The van der Waals surface area contributed by atoms with E-state index in [1.165, 1.54) is 12.1 Å². The minimum Gasteiger partial charge on any atom is -0.428 e. The molecule has 2 rings (SSSR count). The standard InChI is InChI=1S/C18H19NO4/c1-12-8-9-19-11-14(12)13-6-5-7-15(20)16(10-13)22-17(21)23-18(2,3)4/h5-11H,1-4H3. The van der Waals surface area contributed by atoms with E-state index in [0.717, 1.165) is 16.7 Å². The second kappa shape index (κ2) is 6.60. The molecule has 0 bridgehead atoms. The summed E-state index contributed by atoms with van der Waals surface area (Å²) in [6, 6.07) is 8.12. The van der Waals surface area contributed by atoms with E-state index < -0.39 is 17.2 Å². The first-order chi connectivity index (χ1) is 10.8. The van der Waals surface area contributed by atoms with Gasteiger partial charge in [-0.3, -0.25) is 9.78 Å². The highest BCUT2D eigenvalue weighted by Crippen LogP contribution is 2.23. The molecular formula is C18H19NO4. The molecule has 0 aliphatic heterocycles. The Kier molecular flexibility index (Phi) is 4.79. The molecule has 0 spiro atoms. The van der Waals surface area contributed by atoms with Crippen molar-refractivity contribution in [2.45, 2.75) is 33.3 Å². The number of rotatable bonds is 2. The van der Waals surface area contributed by atoms with Crippen molar-refractivity contribution in [3.8, 4) is 16.9 Å². The zero-order valence-electron chi connectivity index (χ0n) is 13.6. The smallest absolute Gasteiger partial charge is 0.428 e. The normalized spacial score (nSPS) is 11.0. The summed E-state index contributed by atoms with van der Waals surface area (Å²) in [5, 5.41) is 0. The van der Waals surface area contributed by atoms with Gasteiger partial charge in [0.1, 0.15) is 5.60 Å². The molecule has 0 amide bonds. The second-order valence-electron chi connectivity index (χ2n) is 6.11. The van der Waals surface area contributed by atoms with Gasteiger partial charge >= 0.3 is 6.16 Å². The fraction of sp³-hybridized carbons (Fsp3) is 0.278. The number of aryl methyl sites for hydroxylation is 1. The van der Waals surface area contributed by atoms with Gasteiger partial charge in [0.05, 0.1) is 0 Å². The molecule has 1 aromatic carbocycles. The Morgan fingerprint density at radius 1 is 1.17 bits per heavy atom. The number of hydrogen-bond donors (Lipinski definition) is 0. The highest BCUT2D eigenvalue weighted by molar-refractivity contribution is 5.69. The third-order valence-electron chi connectivity index (χ3n) is 2.99. The minimum absolute atomic E-state index is 0.0810. The average molecular weight is 313 g/mol. The first-order valence-corrected chi connectivity index (χ1v) is 7.22. The lowest BCUT2D eigenvalue weighted by atomic mass is 10.1. The van der Waals surface area contributed by atoms with Crippen LogP contribution in [0.3, 0.4) is 0 Å². The van der Waals surface area contributed by atoms with E-state index in [2.05, 4.69) is 4.98 Å². The van der Waals surface area contributed by atoms with E-state index in [0.29, 0.717) is 0 Å². The summed E-state index contributed by atoms with van der Waals surface area (Å²) in [5.41, 5.74) is 1.50. The van der Waals surface area contributed by atoms with Gasteiger partial charge in [-0.2, -0.15) is 0 Å². The third-order valence-corrected chi connectivity index (χ3v) is 2.99. The SMILES string of the molecule is Cc1ccncc1-c1cccc(=O)c(OC(=O)OC(C)(C)C)c1. The van der Waals surface area contributed by atoms with Crippen molar-refractivity contribution in [3.05, 3.63) is 58.5 Å². The Bertz CT molecular complexity index is 778. The summed E-state index contributed by atoms with van der Waals surface area (Å²) in [5.74, 6) is -0.0810. The number of pyridine rings is 1. The van der Waals surface area contributed by atoms with Gasteiger partial charge in [-0.15, -0.1) is 0 Å². The summed E-state index contributed by atoms with van der Waals surface area (Å²) in [7, 11) is 0. The third kappa shape index (κ3) is 4.64. The van der Waals surface area contributed by atoms with E-state index in [9.17, 15) is 9.59 Å². The summed E-state index contributed by atoms with van der Waals surface area (Å²) in [6.45, 7) is 7.11. The van der Waals surface area contributed by atoms with Crippen LogP contribution >= 0.6 is 0 Å². The Morgan fingerprint density at radius 3 is 2.57 bits per heavy atom. The monoisotopic (exact) mass is 313 g/mol. The molecule has 5 heteroatoms. The van der Waals surface area contributed by atoms with Crippen LogP contribution in [0.25, 0.3) is 11.1 Å². The van der Waals surface area contributed by atoms with Crippen molar-refractivity contribution in [2.24, 2.45) is 0 Å². The Morgan fingerprint density at radius 2 is 1.91 bits per heavy atom. The van der Waals surface area contributed by atoms with Crippen molar-refractivity contribution in [2.75, 3.05) is 0 Å². The van der Waals surface area contributed by atoms with Gasteiger partial charge < -0.3 is 9.47 Å². The lowest BCUT2D eigenvalue weighted by Crippen LogP contribution is -2.26. The van der Waals surface area contributed by atoms with E-state index >= 15 is 0 Å². The zero-order chi connectivity index (χ0) is 17.0. The molecule has 0 saturated carbocycles. The number of hydrogen-bond acceptors (Lipinski definition) is 5. The van der Waals surface area contributed by atoms with Crippen molar-refractivity contribution in [3.63, 3.8) is 0 Å². The lowest BCUT2D eigenvalue weighted by Gasteiger charge is -2.18. The number of nitrogens with zero attached hydrogens (tertiary/aromatic N) is 1. The van der Waals surface area contributed by atoms with Crippen LogP contribution in [0.4, 0.5) is 4.79 Å². The van der Waals surface area contributed by atoms with E-state index in [-0.39, 0.29) is 5.75 Å². The molecule has 0 aliphatic rings. The quantitative estimate of drug-likeness (QED) is 0.790. The van der Waals surface area contributed by atoms with Gasteiger partial charge in [0.2, 0.25) is 5.43 Å². The molecule has 1 heterocycles. The van der Waals surface area contributed by atoms with Crippen molar-refractivity contribution in [1.29, 1.82) is 0 Å². The maximum absolute atomic E-state index is 12.0. The van der Waals surface area contributed by atoms with Crippen LogP contribution < -0.4 is 10.2 Å². The summed E-state index contributed by atoms with van der Waals surface area (Å²) < 4.78 is 10.2. The molecule has 2 aromatic rings. The van der Waals surface area contributed by atoms with Crippen LogP contribution in [0.5, 0.6) is 5.75 Å². The Hall–Kier alpha value is -2.69. The molecule has 0 radical (unpaired) electrons. The van der Waals surface area contributed by atoms with Crippen LogP contribution in [-0.2, 0) is 4.74 Å². The molecular weight excluding hydrogens is 294 g/mol. The molecule has 1 aromatic heterocycles. The number of ether oxygens (including phenoxy) is 2. The molecule has 0 atom stereocenters. The van der Waals surface area contributed by atoms with E-state index in [1.54, 1.807) is 45.3 Å². The summed E-state index contributed by atoms with van der Waals surface area (Å²) in [4.78, 5) is 27.9. The van der Waals surface area contributed by atoms with Crippen LogP contribution in [0.2, 0.25) is 0 Å². The largest absolute Gasteiger partial charge is 0.514 e. The van der Waals surface area contributed by atoms with Gasteiger partial charge in [0, 0.05) is 18.0 Å². The van der Waals surface area contributed by atoms with Gasteiger partial charge in [0.15, 0.2) is 5.75 Å². The number of carbonyl (C=O) groups excluding carboxylic acids is 1. The van der Waals surface area contributed by atoms with Crippen LogP contribution in [0.1, 0.15) is 26.3 Å². The second-order valence-corrected chi connectivity index (χ2v) is 6.11. The molecule has 0 N–H and O–H groups in total. The van der Waals surface area contributed by atoms with Crippen molar-refractivity contribution < 1.29 is 14.3 Å². The first-order valence-electron chi connectivity index (χ1n) is 7.22. The fourth-order valence-electron chi connectivity index (χ4n) is 1.96. The van der Waals surface area contributed by atoms with Gasteiger partial charge in [-0.05, 0) is 57.0 Å². The minimum atomic E-state index is -0.908. The molecule has 0 fully saturated rings. The highest BCUT2D eigenvalue weighted by Gasteiger charge is 2.19. The van der Waals surface area contributed by atoms with Crippen molar-refractivity contribution in [1.82, 2.24) is 4.98 Å². The van der Waals surface area contributed by atoms with Gasteiger partial charge in [-0.1, -0.05) is 12.1 Å². The lowest BCUT2D eigenvalue weighted by molar-refractivity contribution is 0.0204. The van der Waals surface area contributed by atoms with Crippen LogP contribution in [-0.4, -0.2) is 16.7 Å². The maximum Gasteiger partial charge on any atom is 0.514 e. The molecule has 5 nitrogen and oxygen atoms in total. The topological polar surface area (TPSA) is 65.5 Å². The molecule has 0 aliphatic carbocycles. The van der Waals surface area contributed by atoms with Crippen LogP contribution in [0, 0.1) is 6.92 Å². The average Bonchev–Trinajstić information content (AvgIpc) is 2.60. The molecule has 120 valence electrons. The predicted octanol–water partition coefficient (Wildman–Crippen LogP) is 3.73. The fourth-order valence-corrected chi connectivity index (χ4v) is 1.96. The van der Waals surface area contributed by atoms with Gasteiger partial charge in [-0.25, -0.2) is 4.79 Å². The summed E-state index contributed by atoms with van der Waals surface area (Å²) in [6.07, 6.45) is 2.49.